The molecule has 1 N–H and O–H groups in total. The lowest BCUT2D eigenvalue weighted by atomic mass is 10.0. The maximum Gasteiger partial charge on any atom is 0.387 e. The predicted molar refractivity (Wildman–Crippen MR) is 167 cm³/mol. The van der Waals surface area contributed by atoms with Crippen LogP contribution >= 0.6 is 35.0 Å². The summed E-state index contributed by atoms with van der Waals surface area (Å²) in [6, 6.07) is 8.40. The normalized spacial score (nSPS) is 17.5. The molecule has 1 aromatic heterocycles. The molecule has 16 heteroatoms. The molecule has 46 heavy (non-hydrogen) atoms. The number of ether oxygens (including phenoxy) is 5. The molecule has 5 rings (SSSR count). The first kappa shape index (κ1) is 34.3. The number of aromatic nitrogens is 1. The summed E-state index contributed by atoms with van der Waals surface area (Å²) >= 11 is 14.0. The zero-order valence-electron chi connectivity index (χ0n) is 24.7. The van der Waals surface area contributed by atoms with Crippen LogP contribution in [0.15, 0.2) is 53.7 Å². The third kappa shape index (κ3) is 7.91. The zero-order valence-corrected chi connectivity index (χ0v) is 27.9. The molecule has 2 heterocycles. The summed E-state index contributed by atoms with van der Waals surface area (Å²) in [5, 5.41) is -0.684. The number of hydrogen-bond acceptors (Lipinski definition) is 9. The number of benzene rings is 2. The first-order chi connectivity index (χ1) is 22.0. The highest BCUT2D eigenvalue weighted by atomic mass is 35.5. The van der Waals surface area contributed by atoms with E-state index >= 15 is 0 Å². The fraction of sp³-hybridized carbons (Fsp3) is 0.400. The standard InChI is InChI=1S/C30H30Cl2F2N2O8S2/c1-40-23-8-6-19(12-26(23)41-2)46(38,39)36-9-10-45-28(36)29(37)43-25(13-20-21(31)14-35-15-22(20)32)18-5-7-24(44-30(33)34)27(11-18)42-16-17-3-4-17/h5-8,11-12,14-15,17,25,28,30H,3-4,9-10,13,16H2,1-2H3/p+1/t25-,28-/m0/s1. The van der Waals surface area contributed by atoms with Gasteiger partial charge < -0.3 is 23.7 Å². The number of nitrogens with zero attached hydrogens (tertiary/aromatic N) is 1. The minimum atomic E-state index is -4.17. The highest BCUT2D eigenvalue weighted by Crippen LogP contribution is 2.40. The molecule has 3 aromatic rings. The van der Waals surface area contributed by atoms with Gasteiger partial charge in [0.25, 0.3) is 0 Å². The minimum absolute atomic E-state index is 0.0188. The summed E-state index contributed by atoms with van der Waals surface area (Å²) in [5.74, 6) is 0.250. The second-order valence-corrected chi connectivity index (χ2v) is 14.3. The van der Waals surface area contributed by atoms with Crippen LogP contribution < -0.4 is 23.9 Å². The molecule has 1 aliphatic carbocycles. The summed E-state index contributed by atoms with van der Waals surface area (Å²) in [7, 11) is -1.36. The van der Waals surface area contributed by atoms with Crippen molar-refractivity contribution in [1.82, 2.24) is 4.31 Å². The predicted octanol–water partition coefficient (Wildman–Crippen LogP) is 5.81. The average molecular weight is 721 g/mol. The van der Waals surface area contributed by atoms with Gasteiger partial charge >= 0.3 is 12.6 Å². The molecule has 1 saturated heterocycles. The van der Waals surface area contributed by atoms with Crippen molar-refractivity contribution in [3.05, 3.63) is 70.0 Å². The molecule has 0 amide bonds. The van der Waals surface area contributed by atoms with Gasteiger partial charge in [-0.25, -0.2) is 18.2 Å². The van der Waals surface area contributed by atoms with Gasteiger partial charge in [0.15, 0.2) is 40.8 Å². The number of methoxy groups -OCH3 is 2. The molecule has 0 radical (unpaired) electrons. The lowest BCUT2D eigenvalue weighted by molar-refractivity contribution is -0.377. The van der Waals surface area contributed by atoms with Crippen LogP contribution in [0.4, 0.5) is 8.78 Å². The summed E-state index contributed by atoms with van der Waals surface area (Å²) in [5.41, 5.74) is 0.820. The van der Waals surface area contributed by atoms with Gasteiger partial charge in [-0.05, 0) is 48.6 Å². The van der Waals surface area contributed by atoms with Gasteiger partial charge in [0.2, 0.25) is 10.0 Å². The van der Waals surface area contributed by atoms with Crippen molar-refractivity contribution in [2.75, 3.05) is 33.1 Å². The first-order valence-corrected chi connectivity index (χ1v) is 17.4. The fourth-order valence-corrected chi connectivity index (χ4v) is 8.40. The number of hydrogen-bond donors (Lipinski definition) is 0. The van der Waals surface area contributed by atoms with Crippen LogP contribution in [0.5, 0.6) is 23.0 Å². The molecule has 1 aliphatic heterocycles. The van der Waals surface area contributed by atoms with E-state index in [1.807, 2.05) is 0 Å². The quantitative estimate of drug-likeness (QED) is 0.191. The van der Waals surface area contributed by atoms with Crippen LogP contribution in [0.1, 0.15) is 30.1 Å². The largest absolute Gasteiger partial charge is 0.493 e. The highest BCUT2D eigenvalue weighted by molar-refractivity contribution is 8.02. The van der Waals surface area contributed by atoms with Gasteiger partial charge in [0.05, 0.1) is 25.7 Å². The van der Waals surface area contributed by atoms with Crippen LogP contribution in [-0.2, 0) is 26.0 Å². The van der Waals surface area contributed by atoms with Gasteiger partial charge in [0, 0.05) is 30.3 Å². The Balaban J connectivity index is 1.46. The molecule has 2 aliphatic rings. The molecular formula is C30H31Cl2F2N2O8S2+. The summed E-state index contributed by atoms with van der Waals surface area (Å²) < 4.78 is 81.9. The molecule has 2 fully saturated rings. The molecular weight excluding hydrogens is 689 g/mol. The SMILES string of the molecule is COc1ccc(S(=O)(=O)N2CCS[C@H]2C(=O)O[C@@H](Cc2c(Cl)c[nH+]cc2Cl)c2ccc(OC(F)F)c(OCC3CC3)c2)cc1OC. The van der Waals surface area contributed by atoms with E-state index in [4.69, 9.17) is 42.1 Å². The summed E-state index contributed by atoms with van der Waals surface area (Å²) in [4.78, 5) is 16.5. The number of halogens is 4. The fourth-order valence-electron chi connectivity index (χ4n) is 4.80. The summed E-state index contributed by atoms with van der Waals surface area (Å²) in [6.07, 6.45) is 3.87. The minimum Gasteiger partial charge on any atom is -0.493 e. The van der Waals surface area contributed by atoms with Gasteiger partial charge in [-0.1, -0.05) is 29.3 Å². The van der Waals surface area contributed by atoms with E-state index < -0.39 is 34.1 Å². The van der Waals surface area contributed by atoms with E-state index in [0.29, 0.717) is 35.2 Å². The number of carbonyl (C=O) groups is 1. The van der Waals surface area contributed by atoms with Gasteiger partial charge in [0.1, 0.15) is 16.1 Å². The molecule has 1 saturated carbocycles. The number of sulfonamides is 1. The van der Waals surface area contributed by atoms with Crippen molar-refractivity contribution < 1.29 is 50.7 Å². The van der Waals surface area contributed by atoms with Crippen molar-refractivity contribution >= 4 is 51.0 Å². The van der Waals surface area contributed by atoms with Gasteiger partial charge in [-0.2, -0.15) is 13.1 Å². The third-order valence-corrected chi connectivity index (χ3v) is 11.2. The molecule has 0 spiro atoms. The Kier molecular flexibility index (Phi) is 11.0. The number of alkyl halides is 2. The van der Waals surface area contributed by atoms with Crippen molar-refractivity contribution in [3.63, 3.8) is 0 Å². The van der Waals surface area contributed by atoms with E-state index in [1.54, 1.807) is 0 Å². The topological polar surface area (TPSA) is 115 Å². The highest BCUT2D eigenvalue weighted by Gasteiger charge is 2.42. The smallest absolute Gasteiger partial charge is 0.387 e. The number of rotatable bonds is 14. The Morgan fingerprint density at radius 3 is 2.37 bits per heavy atom. The van der Waals surface area contributed by atoms with Crippen molar-refractivity contribution in [3.8, 4) is 23.0 Å². The van der Waals surface area contributed by atoms with E-state index in [9.17, 15) is 22.0 Å². The van der Waals surface area contributed by atoms with Crippen molar-refractivity contribution in [2.45, 2.75) is 42.2 Å². The monoisotopic (exact) mass is 719 g/mol. The molecule has 10 nitrogen and oxygen atoms in total. The lowest BCUT2D eigenvalue weighted by Gasteiger charge is -2.26. The Labute approximate surface area is 279 Å². The molecule has 0 unspecified atom stereocenters. The van der Waals surface area contributed by atoms with Crippen LogP contribution in [0, 0.1) is 5.92 Å². The van der Waals surface area contributed by atoms with Crippen LogP contribution in [0.3, 0.4) is 0 Å². The Morgan fingerprint density at radius 2 is 1.72 bits per heavy atom. The van der Waals surface area contributed by atoms with Crippen LogP contribution in [-0.4, -0.2) is 63.8 Å². The zero-order chi connectivity index (χ0) is 33.0. The third-order valence-electron chi connectivity index (χ3n) is 7.38. The number of nitrogens with one attached hydrogen (secondary N) is 1. The van der Waals surface area contributed by atoms with E-state index in [-0.39, 0.29) is 45.2 Å². The second-order valence-electron chi connectivity index (χ2n) is 10.5. The van der Waals surface area contributed by atoms with E-state index in [2.05, 4.69) is 9.72 Å². The number of H-pyrrole nitrogens is 1. The van der Waals surface area contributed by atoms with Crippen molar-refractivity contribution in [2.24, 2.45) is 5.92 Å². The van der Waals surface area contributed by atoms with Crippen LogP contribution in [0.2, 0.25) is 10.0 Å². The van der Waals surface area contributed by atoms with Gasteiger partial charge in [-0.15, -0.1) is 11.8 Å². The molecule has 0 bridgehead atoms. The number of aromatic amines is 1. The van der Waals surface area contributed by atoms with Gasteiger partial charge in [-0.3, -0.25) is 0 Å². The molecule has 248 valence electrons. The molecule has 2 atom stereocenters. The van der Waals surface area contributed by atoms with Crippen molar-refractivity contribution in [1.29, 1.82) is 0 Å². The average Bonchev–Trinajstić information content (AvgIpc) is 3.72. The number of carbonyl (C=O) groups excluding carboxylic acids is 1. The van der Waals surface area contributed by atoms with E-state index in [0.717, 1.165) is 28.9 Å². The van der Waals surface area contributed by atoms with E-state index in [1.165, 1.54) is 63.0 Å². The Bertz CT molecular complexity index is 1660. The Hall–Kier alpha value is -3.04. The second kappa shape index (κ2) is 14.8. The maximum atomic E-state index is 13.8. The maximum absolute atomic E-state index is 13.8. The molecule has 2 aromatic carbocycles. The Morgan fingerprint density at radius 1 is 1.02 bits per heavy atom. The number of pyridine rings is 1. The first-order valence-electron chi connectivity index (χ1n) is 14.1. The number of thioether (sulfide) groups is 1. The summed E-state index contributed by atoms with van der Waals surface area (Å²) in [6.45, 7) is -2.73. The van der Waals surface area contributed by atoms with Crippen LogP contribution in [0.25, 0.3) is 0 Å². The lowest BCUT2D eigenvalue weighted by Crippen LogP contribution is -2.40. The number of esters is 1.